The Morgan fingerprint density at radius 1 is 1.04 bits per heavy atom. The molecule has 4 heteroatoms. The third kappa shape index (κ3) is 5.00. The summed E-state index contributed by atoms with van der Waals surface area (Å²) in [5.41, 5.74) is 4.61. The van der Waals surface area contributed by atoms with Gasteiger partial charge in [-0.25, -0.2) is 0 Å². The van der Waals surface area contributed by atoms with Crippen molar-refractivity contribution in [1.82, 2.24) is 10.2 Å². The number of nitrogens with one attached hydrogen (secondary N) is 2. The highest BCUT2D eigenvalue weighted by atomic mass is 16.1. The SMILES string of the molecule is O=C(CCC1CCN(Cc2ccccc2)CC1)c1ccc2c(c1)NCCNC2. The predicted molar refractivity (Wildman–Crippen MR) is 115 cm³/mol. The molecule has 2 N–H and O–H groups in total. The molecule has 28 heavy (non-hydrogen) atoms. The van der Waals surface area contributed by atoms with Crippen LogP contribution in [0.4, 0.5) is 5.69 Å². The van der Waals surface area contributed by atoms with E-state index in [1.807, 2.05) is 12.1 Å². The van der Waals surface area contributed by atoms with Gasteiger partial charge in [-0.3, -0.25) is 9.69 Å². The van der Waals surface area contributed by atoms with Gasteiger partial charge in [-0.2, -0.15) is 0 Å². The summed E-state index contributed by atoms with van der Waals surface area (Å²) in [5, 5.41) is 6.82. The summed E-state index contributed by atoms with van der Waals surface area (Å²) in [5.74, 6) is 0.965. The summed E-state index contributed by atoms with van der Waals surface area (Å²) in [7, 11) is 0. The van der Waals surface area contributed by atoms with Crippen molar-refractivity contribution in [3.05, 3.63) is 65.2 Å². The maximum atomic E-state index is 12.7. The van der Waals surface area contributed by atoms with E-state index in [1.54, 1.807) is 0 Å². The highest BCUT2D eigenvalue weighted by Crippen LogP contribution is 2.25. The van der Waals surface area contributed by atoms with Gasteiger partial charge >= 0.3 is 0 Å². The summed E-state index contributed by atoms with van der Waals surface area (Å²) >= 11 is 0. The van der Waals surface area contributed by atoms with Crippen molar-refractivity contribution in [3.8, 4) is 0 Å². The van der Waals surface area contributed by atoms with Gasteiger partial charge in [-0.15, -0.1) is 0 Å². The molecule has 4 nitrogen and oxygen atoms in total. The second-order valence-corrected chi connectivity index (χ2v) is 8.14. The number of anilines is 1. The molecule has 0 radical (unpaired) electrons. The van der Waals surface area contributed by atoms with Crippen LogP contribution in [0.2, 0.25) is 0 Å². The number of piperidine rings is 1. The van der Waals surface area contributed by atoms with Crippen LogP contribution in [0.1, 0.15) is 47.2 Å². The Balaban J connectivity index is 1.24. The number of nitrogens with zero attached hydrogens (tertiary/aromatic N) is 1. The van der Waals surface area contributed by atoms with Crippen molar-refractivity contribution in [2.75, 3.05) is 31.5 Å². The Morgan fingerprint density at radius 3 is 2.68 bits per heavy atom. The Bertz CT molecular complexity index is 782. The van der Waals surface area contributed by atoms with E-state index in [0.717, 1.165) is 56.9 Å². The molecule has 0 saturated carbocycles. The van der Waals surface area contributed by atoms with Gasteiger partial charge in [0, 0.05) is 43.9 Å². The summed E-state index contributed by atoms with van der Waals surface area (Å²) in [6.45, 7) is 6.07. The first-order valence-corrected chi connectivity index (χ1v) is 10.6. The van der Waals surface area contributed by atoms with E-state index in [4.69, 9.17) is 0 Å². The lowest BCUT2D eigenvalue weighted by molar-refractivity contribution is 0.0961. The lowest BCUT2D eigenvalue weighted by atomic mass is 9.90. The summed E-state index contributed by atoms with van der Waals surface area (Å²) in [4.78, 5) is 15.3. The number of benzene rings is 2. The van der Waals surface area contributed by atoms with Gasteiger partial charge in [0.2, 0.25) is 0 Å². The average molecular weight is 378 g/mol. The minimum absolute atomic E-state index is 0.286. The number of carbonyl (C=O) groups is 1. The van der Waals surface area contributed by atoms with E-state index in [-0.39, 0.29) is 5.78 Å². The van der Waals surface area contributed by atoms with E-state index in [1.165, 1.54) is 24.0 Å². The maximum Gasteiger partial charge on any atom is 0.162 e. The second-order valence-electron chi connectivity index (χ2n) is 8.14. The van der Waals surface area contributed by atoms with Crippen molar-refractivity contribution in [3.63, 3.8) is 0 Å². The molecule has 2 aliphatic heterocycles. The number of Topliss-reactive ketones (excluding diaryl/α,β-unsaturated/α-hetero) is 1. The minimum Gasteiger partial charge on any atom is -0.383 e. The Hall–Kier alpha value is -2.17. The molecule has 0 atom stereocenters. The first-order chi connectivity index (χ1) is 13.8. The zero-order valence-electron chi connectivity index (χ0n) is 16.6. The van der Waals surface area contributed by atoms with Gasteiger partial charge in [-0.1, -0.05) is 42.5 Å². The van der Waals surface area contributed by atoms with Crippen molar-refractivity contribution in [2.45, 2.75) is 38.8 Å². The Morgan fingerprint density at radius 2 is 1.86 bits per heavy atom. The highest BCUT2D eigenvalue weighted by molar-refractivity contribution is 5.97. The fourth-order valence-electron chi connectivity index (χ4n) is 4.33. The standard InChI is InChI=1S/C24H31N3O/c28-24(21-7-8-22-17-25-12-13-26-23(22)16-21)9-6-19-10-14-27(15-11-19)18-20-4-2-1-3-5-20/h1-5,7-8,16,19,25-26H,6,9-15,17-18H2. The molecule has 0 unspecified atom stereocenters. The Kier molecular flexibility index (Phi) is 6.40. The first kappa shape index (κ1) is 19.2. The topological polar surface area (TPSA) is 44.4 Å². The molecule has 0 bridgehead atoms. The number of hydrogen-bond donors (Lipinski definition) is 2. The van der Waals surface area contributed by atoms with Crippen LogP contribution in [-0.2, 0) is 13.1 Å². The molecular weight excluding hydrogens is 346 g/mol. The molecule has 2 heterocycles. The van der Waals surface area contributed by atoms with Gasteiger partial charge in [0.15, 0.2) is 5.78 Å². The van der Waals surface area contributed by atoms with Crippen LogP contribution in [0.5, 0.6) is 0 Å². The summed E-state index contributed by atoms with van der Waals surface area (Å²) < 4.78 is 0. The van der Waals surface area contributed by atoms with Gasteiger partial charge in [0.25, 0.3) is 0 Å². The highest BCUT2D eigenvalue weighted by Gasteiger charge is 2.20. The predicted octanol–water partition coefficient (Wildman–Crippen LogP) is 4.08. The van der Waals surface area contributed by atoms with Crippen LogP contribution in [0, 0.1) is 5.92 Å². The summed E-state index contributed by atoms with van der Waals surface area (Å²) in [6, 6.07) is 16.8. The second kappa shape index (κ2) is 9.35. The van der Waals surface area contributed by atoms with Crippen LogP contribution in [0.15, 0.2) is 48.5 Å². The number of hydrogen-bond acceptors (Lipinski definition) is 4. The minimum atomic E-state index is 0.286. The van der Waals surface area contributed by atoms with Crippen LogP contribution < -0.4 is 10.6 Å². The van der Waals surface area contributed by atoms with Gasteiger partial charge in [0.05, 0.1) is 0 Å². The van der Waals surface area contributed by atoms with Crippen LogP contribution in [0.3, 0.4) is 0 Å². The van der Waals surface area contributed by atoms with Crippen molar-refractivity contribution < 1.29 is 4.79 Å². The van der Waals surface area contributed by atoms with Crippen molar-refractivity contribution in [1.29, 1.82) is 0 Å². The zero-order chi connectivity index (χ0) is 19.2. The fourth-order valence-corrected chi connectivity index (χ4v) is 4.33. The third-order valence-electron chi connectivity index (χ3n) is 6.10. The molecule has 2 aliphatic rings. The van der Waals surface area contributed by atoms with Gasteiger partial charge in [0.1, 0.15) is 0 Å². The molecule has 1 saturated heterocycles. The Labute approximate surface area is 168 Å². The van der Waals surface area contributed by atoms with E-state index < -0.39 is 0 Å². The lowest BCUT2D eigenvalue weighted by Gasteiger charge is -2.32. The van der Waals surface area contributed by atoms with Crippen LogP contribution in [-0.4, -0.2) is 36.9 Å². The van der Waals surface area contributed by atoms with Gasteiger partial charge in [-0.05, 0) is 55.5 Å². The molecular formula is C24H31N3O. The number of fused-ring (bicyclic) bond motifs is 1. The molecule has 0 spiro atoms. The monoisotopic (exact) mass is 377 g/mol. The molecule has 0 aliphatic carbocycles. The van der Waals surface area contributed by atoms with E-state index in [2.05, 4.69) is 51.9 Å². The molecule has 2 aromatic rings. The van der Waals surface area contributed by atoms with E-state index >= 15 is 0 Å². The normalized spacial score (nSPS) is 18.1. The van der Waals surface area contributed by atoms with Crippen molar-refractivity contribution >= 4 is 11.5 Å². The zero-order valence-corrected chi connectivity index (χ0v) is 16.6. The number of ketones is 1. The molecule has 0 aromatic heterocycles. The molecule has 4 rings (SSSR count). The average Bonchev–Trinajstić information content (AvgIpc) is 2.98. The van der Waals surface area contributed by atoms with Crippen molar-refractivity contribution in [2.24, 2.45) is 5.92 Å². The molecule has 1 fully saturated rings. The van der Waals surface area contributed by atoms with Crippen LogP contribution >= 0.6 is 0 Å². The molecule has 0 amide bonds. The number of likely N-dealkylation sites (tertiary alicyclic amines) is 1. The number of carbonyl (C=O) groups excluding carboxylic acids is 1. The third-order valence-corrected chi connectivity index (χ3v) is 6.10. The lowest BCUT2D eigenvalue weighted by Crippen LogP contribution is -2.33. The fraction of sp³-hybridized carbons (Fsp3) is 0.458. The molecule has 148 valence electrons. The molecule has 2 aromatic carbocycles. The summed E-state index contributed by atoms with van der Waals surface area (Å²) in [6.07, 6.45) is 4.10. The smallest absolute Gasteiger partial charge is 0.162 e. The van der Waals surface area contributed by atoms with E-state index in [9.17, 15) is 4.79 Å². The van der Waals surface area contributed by atoms with Gasteiger partial charge < -0.3 is 10.6 Å². The largest absolute Gasteiger partial charge is 0.383 e. The quantitative estimate of drug-likeness (QED) is 0.745. The van der Waals surface area contributed by atoms with Crippen LogP contribution in [0.25, 0.3) is 0 Å². The first-order valence-electron chi connectivity index (χ1n) is 10.6. The maximum absolute atomic E-state index is 12.7. The number of rotatable bonds is 6. The van der Waals surface area contributed by atoms with E-state index in [0.29, 0.717) is 12.3 Å².